The molecule has 0 aliphatic carbocycles. The van der Waals surface area contributed by atoms with Gasteiger partial charge < -0.3 is 15.0 Å². The molecule has 5 heteroatoms. The maximum absolute atomic E-state index is 5.43. The molecule has 0 bridgehead atoms. The largest absolute Gasteiger partial charge is 0.379 e. The molecular formula is C12H20N4O. The first-order chi connectivity index (χ1) is 8.25. The van der Waals surface area contributed by atoms with Crippen molar-refractivity contribution in [2.75, 3.05) is 38.3 Å². The van der Waals surface area contributed by atoms with Gasteiger partial charge in [-0.1, -0.05) is 0 Å². The van der Waals surface area contributed by atoms with Gasteiger partial charge in [-0.25, -0.2) is 9.97 Å². The molecule has 1 aliphatic rings. The van der Waals surface area contributed by atoms with Gasteiger partial charge in [-0.15, -0.1) is 0 Å². The van der Waals surface area contributed by atoms with Crippen molar-refractivity contribution >= 4 is 5.95 Å². The lowest BCUT2D eigenvalue weighted by molar-refractivity contribution is 0.0749. The van der Waals surface area contributed by atoms with Crippen LogP contribution in [0.25, 0.3) is 0 Å². The molecule has 1 aliphatic heterocycles. The second kappa shape index (κ2) is 5.93. The van der Waals surface area contributed by atoms with Gasteiger partial charge in [0, 0.05) is 38.1 Å². The molecule has 1 N–H and O–H groups in total. The summed E-state index contributed by atoms with van der Waals surface area (Å²) in [5, 5.41) is 3.44. The number of anilines is 1. The van der Waals surface area contributed by atoms with Crippen LogP contribution in [0.4, 0.5) is 5.95 Å². The number of ether oxygens (including phenoxy) is 1. The second-order valence-corrected chi connectivity index (χ2v) is 4.43. The van der Waals surface area contributed by atoms with Crippen LogP contribution in [0, 0.1) is 6.92 Å². The molecule has 1 aromatic rings. The van der Waals surface area contributed by atoms with E-state index in [1.165, 1.54) is 0 Å². The molecule has 1 atom stereocenters. The first-order valence-electron chi connectivity index (χ1n) is 6.07. The molecule has 17 heavy (non-hydrogen) atoms. The van der Waals surface area contributed by atoms with Crippen molar-refractivity contribution < 1.29 is 4.74 Å². The van der Waals surface area contributed by atoms with Gasteiger partial charge in [-0.3, -0.25) is 0 Å². The molecule has 0 amide bonds. The zero-order valence-corrected chi connectivity index (χ0v) is 10.5. The van der Waals surface area contributed by atoms with Crippen LogP contribution in [0.1, 0.15) is 12.1 Å². The highest BCUT2D eigenvalue weighted by molar-refractivity contribution is 5.28. The third-order valence-corrected chi connectivity index (χ3v) is 2.93. The van der Waals surface area contributed by atoms with E-state index >= 15 is 0 Å². The summed E-state index contributed by atoms with van der Waals surface area (Å²) >= 11 is 0. The van der Waals surface area contributed by atoms with Crippen molar-refractivity contribution in [2.24, 2.45) is 0 Å². The number of nitrogens with zero attached hydrogens (tertiary/aromatic N) is 3. The summed E-state index contributed by atoms with van der Waals surface area (Å²) in [6, 6.07) is 2.37. The van der Waals surface area contributed by atoms with E-state index in [1.54, 1.807) is 6.20 Å². The fourth-order valence-corrected chi connectivity index (χ4v) is 1.87. The topological polar surface area (TPSA) is 50.3 Å². The van der Waals surface area contributed by atoms with E-state index in [9.17, 15) is 0 Å². The smallest absolute Gasteiger partial charge is 0.225 e. The van der Waals surface area contributed by atoms with Gasteiger partial charge in [-0.2, -0.15) is 0 Å². The van der Waals surface area contributed by atoms with E-state index in [-0.39, 0.29) is 0 Å². The highest BCUT2D eigenvalue weighted by Gasteiger charge is 2.14. The van der Waals surface area contributed by atoms with Gasteiger partial charge in [0.2, 0.25) is 5.95 Å². The molecule has 2 rings (SSSR count). The Morgan fingerprint density at radius 3 is 3.18 bits per heavy atom. The van der Waals surface area contributed by atoms with Crippen LogP contribution in [-0.2, 0) is 4.74 Å². The first kappa shape index (κ1) is 12.3. The Morgan fingerprint density at radius 1 is 1.59 bits per heavy atom. The molecule has 0 saturated carbocycles. The van der Waals surface area contributed by atoms with Crippen LogP contribution in [-0.4, -0.2) is 49.4 Å². The quantitative estimate of drug-likeness (QED) is 0.829. The van der Waals surface area contributed by atoms with Crippen molar-refractivity contribution in [3.8, 4) is 0 Å². The average Bonchev–Trinajstić information content (AvgIpc) is 2.37. The number of aryl methyl sites for hydroxylation is 1. The van der Waals surface area contributed by atoms with Crippen molar-refractivity contribution in [3.63, 3.8) is 0 Å². The lowest BCUT2D eigenvalue weighted by Crippen LogP contribution is -2.43. The Morgan fingerprint density at radius 2 is 2.47 bits per heavy atom. The summed E-state index contributed by atoms with van der Waals surface area (Å²) in [4.78, 5) is 10.8. The Labute approximate surface area is 102 Å². The third kappa shape index (κ3) is 3.64. The highest BCUT2D eigenvalue weighted by Crippen LogP contribution is 2.07. The molecule has 94 valence electrons. The van der Waals surface area contributed by atoms with E-state index in [2.05, 4.69) is 20.2 Å². The van der Waals surface area contributed by atoms with Gasteiger partial charge in [-0.05, 0) is 19.4 Å². The number of nitrogens with one attached hydrogen (secondary N) is 1. The fraction of sp³-hybridized carbons (Fsp3) is 0.667. The first-order valence-corrected chi connectivity index (χ1v) is 6.07. The predicted octanol–water partition coefficient (Wildman–Crippen LogP) is 0.600. The van der Waals surface area contributed by atoms with Crippen LogP contribution in [0.2, 0.25) is 0 Å². The summed E-state index contributed by atoms with van der Waals surface area (Å²) < 4.78 is 5.43. The second-order valence-electron chi connectivity index (χ2n) is 4.43. The van der Waals surface area contributed by atoms with E-state index in [4.69, 9.17) is 4.74 Å². The molecule has 0 aromatic carbocycles. The van der Waals surface area contributed by atoms with Crippen LogP contribution in [0.3, 0.4) is 0 Å². The van der Waals surface area contributed by atoms with Gasteiger partial charge in [0.15, 0.2) is 0 Å². The zero-order valence-electron chi connectivity index (χ0n) is 10.5. The molecule has 1 unspecified atom stereocenters. The van der Waals surface area contributed by atoms with Gasteiger partial charge in [0.05, 0.1) is 13.2 Å². The van der Waals surface area contributed by atoms with E-state index in [0.717, 1.165) is 44.4 Å². The molecule has 1 fully saturated rings. The number of hydrogen-bond acceptors (Lipinski definition) is 5. The van der Waals surface area contributed by atoms with Crippen LogP contribution in [0.15, 0.2) is 12.3 Å². The van der Waals surface area contributed by atoms with Crippen molar-refractivity contribution in [2.45, 2.75) is 19.4 Å². The lowest BCUT2D eigenvalue weighted by atomic mass is 10.2. The molecule has 5 nitrogen and oxygen atoms in total. The summed E-state index contributed by atoms with van der Waals surface area (Å²) in [6.07, 6.45) is 2.85. The maximum atomic E-state index is 5.43. The standard InChI is InChI=1S/C12H20N4O/c1-10-3-5-14-12(15-10)16(2)7-4-11-9-17-8-6-13-11/h3,5,11,13H,4,6-9H2,1-2H3. The zero-order chi connectivity index (χ0) is 12.1. The highest BCUT2D eigenvalue weighted by atomic mass is 16.5. The van der Waals surface area contributed by atoms with E-state index in [0.29, 0.717) is 6.04 Å². The Kier molecular flexibility index (Phi) is 4.28. The van der Waals surface area contributed by atoms with Gasteiger partial charge in [0.25, 0.3) is 0 Å². The maximum Gasteiger partial charge on any atom is 0.225 e. The Bertz CT molecular complexity index is 352. The van der Waals surface area contributed by atoms with Crippen LogP contribution in [0.5, 0.6) is 0 Å². The Balaban J connectivity index is 1.82. The molecule has 1 aromatic heterocycles. The molecule has 0 spiro atoms. The minimum atomic E-state index is 0.455. The summed E-state index contributed by atoms with van der Waals surface area (Å²) in [7, 11) is 2.03. The number of morpholine rings is 1. The number of rotatable bonds is 4. The van der Waals surface area contributed by atoms with Gasteiger partial charge >= 0.3 is 0 Å². The minimum Gasteiger partial charge on any atom is -0.379 e. The third-order valence-electron chi connectivity index (χ3n) is 2.93. The predicted molar refractivity (Wildman–Crippen MR) is 67.3 cm³/mol. The van der Waals surface area contributed by atoms with Gasteiger partial charge in [0.1, 0.15) is 0 Å². The number of aromatic nitrogens is 2. The summed E-state index contributed by atoms with van der Waals surface area (Å²) in [5.41, 5.74) is 1.00. The van der Waals surface area contributed by atoms with Crippen molar-refractivity contribution in [3.05, 3.63) is 18.0 Å². The SMILES string of the molecule is Cc1ccnc(N(C)CCC2COCCN2)n1. The average molecular weight is 236 g/mol. The molecule has 2 heterocycles. The number of hydrogen-bond donors (Lipinski definition) is 1. The molecule has 1 saturated heterocycles. The van der Waals surface area contributed by atoms with Crippen LogP contribution >= 0.6 is 0 Å². The summed E-state index contributed by atoms with van der Waals surface area (Å²) in [6.45, 7) is 5.51. The van der Waals surface area contributed by atoms with E-state index < -0.39 is 0 Å². The lowest BCUT2D eigenvalue weighted by Gasteiger charge is -2.26. The van der Waals surface area contributed by atoms with Crippen LogP contribution < -0.4 is 10.2 Å². The minimum absolute atomic E-state index is 0.455. The Hall–Kier alpha value is -1.20. The molecular weight excluding hydrogens is 216 g/mol. The fourth-order valence-electron chi connectivity index (χ4n) is 1.87. The summed E-state index contributed by atoms with van der Waals surface area (Å²) in [5.74, 6) is 0.793. The monoisotopic (exact) mass is 236 g/mol. The van der Waals surface area contributed by atoms with Crippen molar-refractivity contribution in [1.29, 1.82) is 0 Å². The van der Waals surface area contributed by atoms with Crippen molar-refractivity contribution in [1.82, 2.24) is 15.3 Å². The normalized spacial score (nSPS) is 20.2. The van der Waals surface area contributed by atoms with E-state index in [1.807, 2.05) is 20.0 Å². The molecule has 0 radical (unpaired) electrons.